The van der Waals surface area contributed by atoms with Gasteiger partial charge in [0.2, 0.25) is 0 Å². The van der Waals surface area contributed by atoms with Crippen LogP contribution in [0.5, 0.6) is 5.75 Å². The van der Waals surface area contributed by atoms with Crippen molar-refractivity contribution in [2.45, 2.75) is 20.8 Å². The largest absolute Gasteiger partial charge is 0.507 e. The van der Waals surface area contributed by atoms with Gasteiger partial charge in [0.1, 0.15) is 5.75 Å². The van der Waals surface area contributed by atoms with Crippen LogP contribution in [-0.4, -0.2) is 5.11 Å². The van der Waals surface area contributed by atoms with Crippen LogP contribution in [0.1, 0.15) is 16.7 Å². The third kappa shape index (κ3) is 3.12. The van der Waals surface area contributed by atoms with E-state index in [1.165, 1.54) is 0 Å². The van der Waals surface area contributed by atoms with Crippen molar-refractivity contribution in [2.75, 3.05) is 0 Å². The molecule has 0 bridgehead atoms. The average molecular weight is 275 g/mol. The highest BCUT2D eigenvalue weighted by Gasteiger charge is 2.03. The molecule has 19 heavy (non-hydrogen) atoms. The van der Waals surface area contributed by atoms with E-state index in [1.807, 2.05) is 32.9 Å². The molecule has 0 fully saturated rings. The molecule has 0 heterocycles. The lowest BCUT2D eigenvalue weighted by Crippen LogP contribution is -1.79. The molecule has 2 rings (SSSR count). The number of halogens is 1. The van der Waals surface area contributed by atoms with E-state index in [0.29, 0.717) is 10.8 Å². The maximum absolute atomic E-state index is 9.70. The van der Waals surface area contributed by atoms with Crippen LogP contribution in [0.3, 0.4) is 0 Å². The number of nitrogens with zero attached hydrogens (tertiary/aromatic N) is 2. The number of rotatable bonds is 2. The van der Waals surface area contributed by atoms with Gasteiger partial charge in [0.05, 0.1) is 11.4 Å². The summed E-state index contributed by atoms with van der Waals surface area (Å²) in [6, 6.07) is 9.08. The van der Waals surface area contributed by atoms with Crippen LogP contribution in [0.15, 0.2) is 40.6 Å². The number of hydrogen-bond donors (Lipinski definition) is 1. The molecule has 2 aromatic rings. The van der Waals surface area contributed by atoms with E-state index in [2.05, 4.69) is 10.2 Å². The monoisotopic (exact) mass is 274 g/mol. The molecule has 0 atom stereocenters. The summed E-state index contributed by atoms with van der Waals surface area (Å²) in [6.45, 7) is 5.62. The minimum atomic E-state index is 0.307. The Bertz CT molecular complexity index is 628. The molecular weight excluding hydrogens is 260 g/mol. The highest BCUT2D eigenvalue weighted by molar-refractivity contribution is 6.30. The predicted octanol–water partition coefficient (Wildman–Crippen LogP) is 5.39. The fraction of sp³-hybridized carbons (Fsp3) is 0.200. The number of hydrogen-bond acceptors (Lipinski definition) is 3. The molecule has 0 aliphatic heterocycles. The van der Waals surface area contributed by atoms with Gasteiger partial charge in [-0.25, -0.2) is 0 Å². The zero-order chi connectivity index (χ0) is 14.0. The van der Waals surface area contributed by atoms with Crippen LogP contribution in [-0.2, 0) is 0 Å². The third-order valence-electron chi connectivity index (χ3n) is 2.91. The number of phenols is 1. The van der Waals surface area contributed by atoms with Crippen molar-refractivity contribution in [1.29, 1.82) is 0 Å². The summed E-state index contributed by atoms with van der Waals surface area (Å²) >= 11 is 5.89. The zero-order valence-electron chi connectivity index (χ0n) is 11.1. The fourth-order valence-electron chi connectivity index (χ4n) is 1.83. The van der Waals surface area contributed by atoms with Crippen molar-refractivity contribution in [1.82, 2.24) is 0 Å². The van der Waals surface area contributed by atoms with Crippen molar-refractivity contribution in [3.8, 4) is 5.75 Å². The summed E-state index contributed by atoms with van der Waals surface area (Å²) in [5.41, 5.74) is 4.07. The second-order valence-electron chi connectivity index (χ2n) is 4.56. The second-order valence-corrected chi connectivity index (χ2v) is 5.00. The predicted molar refractivity (Wildman–Crippen MR) is 77.9 cm³/mol. The summed E-state index contributed by atoms with van der Waals surface area (Å²) in [5.74, 6) is 0.307. The minimum Gasteiger partial charge on any atom is -0.507 e. The van der Waals surface area contributed by atoms with Crippen molar-refractivity contribution < 1.29 is 5.11 Å². The van der Waals surface area contributed by atoms with Gasteiger partial charge in [-0.2, -0.15) is 10.2 Å². The van der Waals surface area contributed by atoms with Crippen LogP contribution >= 0.6 is 11.6 Å². The molecule has 0 saturated carbocycles. The average Bonchev–Trinajstić information content (AvgIpc) is 2.34. The van der Waals surface area contributed by atoms with Crippen LogP contribution in [0.4, 0.5) is 11.4 Å². The van der Waals surface area contributed by atoms with Crippen LogP contribution in [0, 0.1) is 20.8 Å². The Kier molecular flexibility index (Phi) is 3.86. The Hall–Kier alpha value is -1.87. The van der Waals surface area contributed by atoms with E-state index < -0.39 is 0 Å². The zero-order valence-corrected chi connectivity index (χ0v) is 11.9. The quantitative estimate of drug-likeness (QED) is 0.734. The molecule has 0 unspecified atom stereocenters. The van der Waals surface area contributed by atoms with E-state index in [9.17, 15) is 5.11 Å². The van der Waals surface area contributed by atoms with E-state index in [1.54, 1.807) is 18.2 Å². The Morgan fingerprint density at radius 2 is 1.53 bits per heavy atom. The molecule has 0 spiro atoms. The molecule has 2 aromatic carbocycles. The van der Waals surface area contributed by atoms with Gasteiger partial charge in [-0.1, -0.05) is 11.6 Å². The topological polar surface area (TPSA) is 45.0 Å². The lowest BCUT2D eigenvalue weighted by atomic mass is 10.1. The summed E-state index contributed by atoms with van der Waals surface area (Å²) in [4.78, 5) is 0. The standard InChI is InChI=1S/C15H15ClN2O/c1-9-6-12(16)4-5-14(9)18-17-13-7-10(2)15(19)11(3)8-13/h4-8,19H,1-3H3. The second kappa shape index (κ2) is 5.41. The third-order valence-corrected chi connectivity index (χ3v) is 3.14. The van der Waals surface area contributed by atoms with Gasteiger partial charge in [-0.15, -0.1) is 0 Å². The number of azo groups is 1. The van der Waals surface area contributed by atoms with Crippen LogP contribution < -0.4 is 0 Å². The smallest absolute Gasteiger partial charge is 0.121 e. The van der Waals surface area contributed by atoms with E-state index in [0.717, 1.165) is 28.1 Å². The Morgan fingerprint density at radius 1 is 0.895 bits per heavy atom. The molecule has 0 aromatic heterocycles. The highest BCUT2D eigenvalue weighted by atomic mass is 35.5. The summed E-state index contributed by atoms with van der Waals surface area (Å²) in [6.07, 6.45) is 0. The molecule has 98 valence electrons. The Morgan fingerprint density at radius 3 is 2.11 bits per heavy atom. The molecule has 0 saturated heterocycles. The van der Waals surface area contributed by atoms with Crippen LogP contribution in [0.2, 0.25) is 5.02 Å². The molecule has 4 heteroatoms. The molecule has 1 N–H and O–H groups in total. The Balaban J connectivity index is 2.32. The fourth-order valence-corrected chi connectivity index (χ4v) is 2.06. The molecular formula is C15H15ClN2O. The first-order valence-corrected chi connectivity index (χ1v) is 6.33. The van der Waals surface area contributed by atoms with Crippen LogP contribution in [0.25, 0.3) is 0 Å². The SMILES string of the molecule is Cc1cc(Cl)ccc1N=Nc1cc(C)c(O)c(C)c1. The number of aryl methyl sites for hydroxylation is 3. The van der Waals surface area contributed by atoms with Crippen molar-refractivity contribution in [3.05, 3.63) is 52.0 Å². The molecule has 3 nitrogen and oxygen atoms in total. The minimum absolute atomic E-state index is 0.307. The first-order chi connectivity index (χ1) is 8.97. The molecule has 0 radical (unpaired) electrons. The number of aromatic hydroxyl groups is 1. The molecule has 0 aliphatic rings. The van der Waals surface area contributed by atoms with Gasteiger partial charge in [-0.3, -0.25) is 0 Å². The summed E-state index contributed by atoms with van der Waals surface area (Å²) in [7, 11) is 0. The van der Waals surface area contributed by atoms with E-state index in [4.69, 9.17) is 11.6 Å². The summed E-state index contributed by atoms with van der Waals surface area (Å²) in [5, 5.41) is 18.8. The maximum atomic E-state index is 9.70. The van der Waals surface area contributed by atoms with Gasteiger partial charge in [0.15, 0.2) is 0 Å². The first-order valence-electron chi connectivity index (χ1n) is 5.95. The van der Waals surface area contributed by atoms with Gasteiger partial charge in [0.25, 0.3) is 0 Å². The highest BCUT2D eigenvalue weighted by Crippen LogP contribution is 2.29. The molecule has 0 amide bonds. The van der Waals surface area contributed by atoms with E-state index in [-0.39, 0.29) is 0 Å². The van der Waals surface area contributed by atoms with Gasteiger partial charge < -0.3 is 5.11 Å². The maximum Gasteiger partial charge on any atom is 0.121 e. The Labute approximate surface area is 117 Å². The van der Waals surface area contributed by atoms with Gasteiger partial charge in [0, 0.05) is 5.02 Å². The normalized spacial score (nSPS) is 11.2. The van der Waals surface area contributed by atoms with Gasteiger partial charge in [-0.05, 0) is 67.8 Å². The van der Waals surface area contributed by atoms with Gasteiger partial charge >= 0.3 is 0 Å². The van der Waals surface area contributed by atoms with E-state index >= 15 is 0 Å². The first kappa shape index (κ1) is 13.6. The van der Waals surface area contributed by atoms with Crippen molar-refractivity contribution >= 4 is 23.0 Å². The lowest BCUT2D eigenvalue weighted by Gasteiger charge is -2.04. The molecule has 0 aliphatic carbocycles. The van der Waals surface area contributed by atoms with Crippen molar-refractivity contribution in [2.24, 2.45) is 10.2 Å². The lowest BCUT2D eigenvalue weighted by molar-refractivity contribution is 0.467. The summed E-state index contributed by atoms with van der Waals surface area (Å²) < 4.78 is 0. The van der Waals surface area contributed by atoms with Crippen molar-refractivity contribution in [3.63, 3.8) is 0 Å². The number of benzene rings is 2. The number of phenolic OH excluding ortho intramolecular Hbond substituents is 1.